The van der Waals surface area contributed by atoms with E-state index in [2.05, 4.69) is 42.6 Å². The summed E-state index contributed by atoms with van der Waals surface area (Å²) in [5, 5.41) is 24.1. The summed E-state index contributed by atoms with van der Waals surface area (Å²) in [7, 11) is 0. The molecule has 0 radical (unpaired) electrons. The first-order valence-corrected chi connectivity index (χ1v) is 9.53. The minimum Gasteiger partial charge on any atom is -0.339 e. The van der Waals surface area contributed by atoms with Crippen molar-refractivity contribution in [2.24, 2.45) is 0 Å². The molecular formula is C22H17BrN6. The quantitative estimate of drug-likeness (QED) is 0.486. The van der Waals surface area contributed by atoms with E-state index in [1.807, 2.05) is 32.0 Å². The van der Waals surface area contributed by atoms with Crippen LogP contribution in [-0.2, 0) is 0 Å². The van der Waals surface area contributed by atoms with Crippen molar-refractivity contribution in [3.05, 3.63) is 75.4 Å². The Kier molecular flexibility index (Phi) is 6.23. The number of nitriles is 2. The standard InChI is InChI=1S/C22H17BrN6/c1-14-10-17(4-3-9-24)11-15(2)20(14)28-21-19(23)13-26-22(29-21)27-18-7-5-16(12-25)6-8-18/h3-8,10-11,13H,1-2H3,(H2,26,27,28,29). The molecule has 0 spiro atoms. The molecule has 0 aliphatic heterocycles. The van der Waals surface area contributed by atoms with Gasteiger partial charge in [-0.1, -0.05) is 0 Å². The van der Waals surface area contributed by atoms with E-state index >= 15 is 0 Å². The Morgan fingerprint density at radius 2 is 1.72 bits per heavy atom. The first-order chi connectivity index (χ1) is 14.0. The summed E-state index contributed by atoms with van der Waals surface area (Å²) in [6.45, 7) is 4.01. The number of allylic oxidation sites excluding steroid dienone is 1. The maximum absolute atomic E-state index is 8.90. The van der Waals surface area contributed by atoms with E-state index in [-0.39, 0.29) is 0 Å². The smallest absolute Gasteiger partial charge is 0.229 e. The van der Waals surface area contributed by atoms with Gasteiger partial charge in [0.15, 0.2) is 0 Å². The number of anilines is 4. The zero-order chi connectivity index (χ0) is 20.8. The summed E-state index contributed by atoms with van der Waals surface area (Å²) in [5.74, 6) is 1.06. The van der Waals surface area contributed by atoms with Crippen molar-refractivity contribution in [3.63, 3.8) is 0 Å². The van der Waals surface area contributed by atoms with Gasteiger partial charge in [-0.2, -0.15) is 15.5 Å². The summed E-state index contributed by atoms with van der Waals surface area (Å²) >= 11 is 3.49. The molecule has 29 heavy (non-hydrogen) atoms. The van der Waals surface area contributed by atoms with Gasteiger partial charge in [0.25, 0.3) is 0 Å². The zero-order valence-electron chi connectivity index (χ0n) is 15.9. The van der Waals surface area contributed by atoms with Crippen molar-refractivity contribution in [3.8, 4) is 12.1 Å². The Bertz CT molecular complexity index is 1130. The monoisotopic (exact) mass is 444 g/mol. The number of hydrogen-bond donors (Lipinski definition) is 2. The Labute approximate surface area is 177 Å². The number of halogens is 1. The predicted molar refractivity (Wildman–Crippen MR) is 118 cm³/mol. The lowest BCUT2D eigenvalue weighted by molar-refractivity contribution is 1.15. The number of rotatable bonds is 5. The van der Waals surface area contributed by atoms with Crippen LogP contribution >= 0.6 is 15.9 Å². The second-order valence-electron chi connectivity index (χ2n) is 6.32. The first-order valence-electron chi connectivity index (χ1n) is 8.74. The van der Waals surface area contributed by atoms with E-state index in [1.54, 1.807) is 36.5 Å². The van der Waals surface area contributed by atoms with Gasteiger partial charge in [0, 0.05) is 23.6 Å². The molecule has 3 aromatic rings. The average Bonchev–Trinajstić information content (AvgIpc) is 2.72. The summed E-state index contributed by atoms with van der Waals surface area (Å²) < 4.78 is 0.732. The number of hydrogen-bond acceptors (Lipinski definition) is 6. The van der Waals surface area contributed by atoms with Crippen molar-refractivity contribution in [1.82, 2.24) is 9.97 Å². The molecule has 0 bridgehead atoms. The third-order valence-electron chi connectivity index (χ3n) is 4.16. The third kappa shape index (κ3) is 4.98. The second kappa shape index (κ2) is 9.01. The molecule has 0 saturated carbocycles. The SMILES string of the molecule is Cc1cc(C=CC#N)cc(C)c1Nc1nc(Nc2ccc(C#N)cc2)ncc1Br. The fourth-order valence-electron chi connectivity index (χ4n) is 2.81. The van der Waals surface area contributed by atoms with E-state index in [1.165, 1.54) is 6.08 Å². The predicted octanol–water partition coefficient (Wildman–Crippen LogP) is 5.75. The molecule has 3 rings (SSSR count). The average molecular weight is 445 g/mol. The second-order valence-corrected chi connectivity index (χ2v) is 7.18. The van der Waals surface area contributed by atoms with Crippen LogP contribution in [0.25, 0.3) is 6.08 Å². The number of aryl methyl sites for hydroxylation is 2. The number of nitrogens with zero attached hydrogens (tertiary/aromatic N) is 4. The molecule has 2 aromatic carbocycles. The van der Waals surface area contributed by atoms with Crippen molar-refractivity contribution >= 4 is 45.1 Å². The van der Waals surface area contributed by atoms with Crippen molar-refractivity contribution in [1.29, 1.82) is 10.5 Å². The topological polar surface area (TPSA) is 97.4 Å². The lowest BCUT2D eigenvalue weighted by atomic mass is 10.0. The van der Waals surface area contributed by atoms with Crippen molar-refractivity contribution < 1.29 is 0 Å². The van der Waals surface area contributed by atoms with Crippen LogP contribution in [0.2, 0.25) is 0 Å². The fraction of sp³-hybridized carbons (Fsp3) is 0.0909. The van der Waals surface area contributed by atoms with Crippen molar-refractivity contribution in [2.45, 2.75) is 13.8 Å². The van der Waals surface area contributed by atoms with Crippen LogP contribution in [0.1, 0.15) is 22.3 Å². The molecule has 0 saturated heterocycles. The molecule has 142 valence electrons. The van der Waals surface area contributed by atoms with E-state index in [0.29, 0.717) is 17.3 Å². The maximum Gasteiger partial charge on any atom is 0.229 e. The Balaban J connectivity index is 1.86. The largest absolute Gasteiger partial charge is 0.339 e. The molecular weight excluding hydrogens is 428 g/mol. The fourth-order valence-corrected chi connectivity index (χ4v) is 3.10. The maximum atomic E-state index is 8.90. The normalized spacial score (nSPS) is 10.4. The molecule has 0 aliphatic carbocycles. The minimum atomic E-state index is 0.435. The van der Waals surface area contributed by atoms with Gasteiger partial charge in [0.2, 0.25) is 5.95 Å². The molecule has 0 unspecified atom stereocenters. The molecule has 6 nitrogen and oxygen atoms in total. The van der Waals surface area contributed by atoms with E-state index < -0.39 is 0 Å². The van der Waals surface area contributed by atoms with Crippen LogP contribution < -0.4 is 10.6 Å². The molecule has 1 aromatic heterocycles. The summed E-state index contributed by atoms with van der Waals surface area (Å²) in [6, 6.07) is 15.2. The highest BCUT2D eigenvalue weighted by Crippen LogP contribution is 2.30. The van der Waals surface area contributed by atoms with Gasteiger partial charge in [0.05, 0.1) is 22.2 Å². The highest BCUT2D eigenvalue weighted by Gasteiger charge is 2.10. The van der Waals surface area contributed by atoms with Gasteiger partial charge in [0.1, 0.15) is 5.82 Å². The van der Waals surface area contributed by atoms with Gasteiger partial charge < -0.3 is 10.6 Å². The summed E-state index contributed by atoms with van der Waals surface area (Å²) in [6.07, 6.45) is 4.92. The number of aromatic nitrogens is 2. The molecule has 0 amide bonds. The summed E-state index contributed by atoms with van der Waals surface area (Å²) in [5.41, 5.74) is 5.37. The minimum absolute atomic E-state index is 0.435. The van der Waals surface area contributed by atoms with E-state index in [9.17, 15) is 0 Å². The van der Waals surface area contributed by atoms with Crippen LogP contribution in [0.3, 0.4) is 0 Å². The van der Waals surface area contributed by atoms with Crippen LogP contribution in [0.5, 0.6) is 0 Å². The number of benzene rings is 2. The Morgan fingerprint density at radius 3 is 2.34 bits per heavy atom. The molecule has 1 heterocycles. The third-order valence-corrected chi connectivity index (χ3v) is 4.74. The first kappa shape index (κ1) is 20.1. The van der Waals surface area contributed by atoms with E-state index in [0.717, 1.165) is 32.5 Å². The number of nitrogens with one attached hydrogen (secondary N) is 2. The highest BCUT2D eigenvalue weighted by molar-refractivity contribution is 9.10. The van der Waals surface area contributed by atoms with Gasteiger partial charge in [-0.25, -0.2) is 4.98 Å². The Morgan fingerprint density at radius 1 is 1.03 bits per heavy atom. The van der Waals surface area contributed by atoms with Crippen LogP contribution in [0.4, 0.5) is 23.1 Å². The van der Waals surface area contributed by atoms with E-state index in [4.69, 9.17) is 10.5 Å². The van der Waals surface area contributed by atoms with Crippen LogP contribution in [0.15, 0.2) is 53.1 Å². The zero-order valence-corrected chi connectivity index (χ0v) is 17.4. The summed E-state index contributed by atoms with van der Waals surface area (Å²) in [4.78, 5) is 8.85. The molecule has 0 atom stereocenters. The highest BCUT2D eigenvalue weighted by atomic mass is 79.9. The molecule has 0 fully saturated rings. The van der Waals surface area contributed by atoms with Crippen molar-refractivity contribution in [2.75, 3.05) is 10.6 Å². The lowest BCUT2D eigenvalue weighted by Crippen LogP contribution is -2.03. The van der Waals surface area contributed by atoms with Gasteiger partial charge in [-0.15, -0.1) is 0 Å². The lowest BCUT2D eigenvalue weighted by Gasteiger charge is -2.15. The van der Waals surface area contributed by atoms with Gasteiger partial charge in [-0.05, 0) is 88.9 Å². The molecule has 7 heteroatoms. The van der Waals surface area contributed by atoms with Crippen LogP contribution in [0, 0.1) is 36.5 Å². The van der Waals surface area contributed by atoms with Crippen LogP contribution in [-0.4, -0.2) is 9.97 Å². The molecule has 2 N–H and O–H groups in total. The van der Waals surface area contributed by atoms with Gasteiger partial charge in [-0.3, -0.25) is 0 Å². The van der Waals surface area contributed by atoms with Gasteiger partial charge >= 0.3 is 0 Å². The Hall–Kier alpha value is -3.68. The molecule has 0 aliphatic rings.